The minimum Gasteiger partial charge on any atom is -0.462 e. The van der Waals surface area contributed by atoms with Crippen LogP contribution in [-0.4, -0.2) is 37.2 Å². The molecular weight excluding hydrogens is 685 g/mol. The number of allylic oxidation sites excluding steroid dienone is 6. The summed E-state index contributed by atoms with van der Waals surface area (Å²) in [7, 11) is 0. The lowest BCUT2D eigenvalue weighted by molar-refractivity contribution is -0.167. The van der Waals surface area contributed by atoms with E-state index >= 15 is 0 Å². The van der Waals surface area contributed by atoms with Gasteiger partial charge in [-0.25, -0.2) is 0 Å². The Morgan fingerprint density at radius 3 is 1.13 bits per heavy atom. The second-order valence-electron chi connectivity index (χ2n) is 15.7. The number of hydrogen-bond acceptors (Lipinski definition) is 6. The fraction of sp³-hybridized carbons (Fsp3) is 0.816. The van der Waals surface area contributed by atoms with Crippen molar-refractivity contribution in [1.29, 1.82) is 0 Å². The smallest absolute Gasteiger partial charge is 0.306 e. The van der Waals surface area contributed by atoms with Crippen LogP contribution in [0.2, 0.25) is 0 Å². The SMILES string of the molecule is CCCC/C=C\C=C/CCCCCC(=O)OCC(COC(=O)CCCCCCCCCCCCCCCC)OC(=O)CCCCCCC/C=C\CCCCC. The van der Waals surface area contributed by atoms with Crippen molar-refractivity contribution >= 4 is 17.9 Å². The number of ether oxygens (including phenoxy) is 3. The van der Waals surface area contributed by atoms with Crippen molar-refractivity contribution < 1.29 is 28.6 Å². The molecule has 0 saturated carbocycles. The third kappa shape index (κ3) is 42.6. The highest BCUT2D eigenvalue weighted by Gasteiger charge is 2.19. The number of hydrogen-bond donors (Lipinski definition) is 0. The first-order valence-corrected chi connectivity index (χ1v) is 23.5. The van der Waals surface area contributed by atoms with Gasteiger partial charge in [0.15, 0.2) is 6.10 Å². The second kappa shape index (κ2) is 44.3. The molecule has 0 rings (SSSR count). The van der Waals surface area contributed by atoms with Crippen LogP contribution in [0.25, 0.3) is 0 Å². The van der Waals surface area contributed by atoms with E-state index in [1.165, 1.54) is 116 Å². The maximum Gasteiger partial charge on any atom is 0.306 e. The fourth-order valence-electron chi connectivity index (χ4n) is 6.53. The third-order valence-electron chi connectivity index (χ3n) is 10.1. The lowest BCUT2D eigenvalue weighted by atomic mass is 10.0. The summed E-state index contributed by atoms with van der Waals surface area (Å²) in [5.74, 6) is -0.917. The van der Waals surface area contributed by atoms with Crippen LogP contribution < -0.4 is 0 Å². The summed E-state index contributed by atoms with van der Waals surface area (Å²) in [5, 5.41) is 0. The Hall–Kier alpha value is -2.37. The first kappa shape index (κ1) is 52.6. The van der Waals surface area contributed by atoms with Crippen LogP contribution in [0.4, 0.5) is 0 Å². The summed E-state index contributed by atoms with van der Waals surface area (Å²) < 4.78 is 16.7. The van der Waals surface area contributed by atoms with E-state index in [-0.39, 0.29) is 31.1 Å². The highest BCUT2D eigenvalue weighted by atomic mass is 16.6. The molecule has 0 fully saturated rings. The van der Waals surface area contributed by atoms with Gasteiger partial charge in [0.25, 0.3) is 0 Å². The molecule has 1 unspecified atom stereocenters. The standard InChI is InChI=1S/C49H88O6/c1-4-7-10-13-16-19-22-24-25-28-30-33-36-39-42-48(51)54-45-46(44-53-47(50)41-38-35-32-29-26-21-18-15-12-9-6-3)55-49(52)43-40-37-34-31-27-23-20-17-14-11-8-5-2/h15,17-18,20-21,26,46H,4-14,16,19,22-25,27-45H2,1-3H3/b18-15-,20-17-,26-21-. The first-order valence-electron chi connectivity index (χ1n) is 23.5. The van der Waals surface area contributed by atoms with Gasteiger partial charge in [-0.2, -0.15) is 0 Å². The predicted molar refractivity (Wildman–Crippen MR) is 233 cm³/mol. The molecule has 0 N–H and O–H groups in total. The van der Waals surface area contributed by atoms with Crippen molar-refractivity contribution in [2.45, 2.75) is 245 Å². The Labute approximate surface area is 340 Å². The molecule has 320 valence electrons. The van der Waals surface area contributed by atoms with Gasteiger partial charge in [-0.05, 0) is 64.2 Å². The third-order valence-corrected chi connectivity index (χ3v) is 10.1. The average Bonchev–Trinajstić information content (AvgIpc) is 3.18. The molecule has 0 aliphatic heterocycles. The van der Waals surface area contributed by atoms with E-state index in [9.17, 15) is 14.4 Å². The van der Waals surface area contributed by atoms with E-state index in [0.29, 0.717) is 19.3 Å². The molecule has 0 amide bonds. The van der Waals surface area contributed by atoms with Crippen LogP contribution in [-0.2, 0) is 28.6 Å². The molecule has 0 aliphatic rings. The van der Waals surface area contributed by atoms with E-state index in [4.69, 9.17) is 14.2 Å². The molecule has 0 bridgehead atoms. The molecule has 6 nitrogen and oxygen atoms in total. The minimum atomic E-state index is -0.781. The molecule has 6 heteroatoms. The molecule has 1 atom stereocenters. The number of carbonyl (C=O) groups excluding carboxylic acids is 3. The monoisotopic (exact) mass is 773 g/mol. The van der Waals surface area contributed by atoms with Crippen molar-refractivity contribution in [3.05, 3.63) is 36.5 Å². The normalized spacial score (nSPS) is 12.3. The van der Waals surface area contributed by atoms with Crippen LogP contribution in [0, 0.1) is 0 Å². The molecule has 55 heavy (non-hydrogen) atoms. The Morgan fingerprint density at radius 2 is 0.673 bits per heavy atom. The summed E-state index contributed by atoms with van der Waals surface area (Å²) in [6, 6.07) is 0. The Morgan fingerprint density at radius 1 is 0.364 bits per heavy atom. The Bertz CT molecular complexity index is 938. The lowest BCUT2D eigenvalue weighted by Crippen LogP contribution is -2.30. The maximum absolute atomic E-state index is 12.7. The molecule has 0 saturated heterocycles. The van der Waals surface area contributed by atoms with Gasteiger partial charge in [0.2, 0.25) is 0 Å². The molecule has 0 aliphatic carbocycles. The van der Waals surface area contributed by atoms with Crippen molar-refractivity contribution in [2.75, 3.05) is 13.2 Å². The lowest BCUT2D eigenvalue weighted by Gasteiger charge is -2.18. The van der Waals surface area contributed by atoms with Crippen LogP contribution in [0.15, 0.2) is 36.5 Å². The second-order valence-corrected chi connectivity index (χ2v) is 15.7. The number of carbonyl (C=O) groups is 3. The van der Waals surface area contributed by atoms with E-state index < -0.39 is 6.10 Å². The number of unbranched alkanes of at least 4 members (excludes halogenated alkanes) is 26. The average molecular weight is 773 g/mol. The minimum absolute atomic E-state index is 0.0817. The van der Waals surface area contributed by atoms with Gasteiger partial charge in [-0.3, -0.25) is 14.4 Å². The van der Waals surface area contributed by atoms with E-state index in [1.807, 2.05) is 0 Å². The van der Waals surface area contributed by atoms with E-state index in [1.54, 1.807) is 0 Å². The number of esters is 3. The van der Waals surface area contributed by atoms with Crippen LogP contribution >= 0.6 is 0 Å². The Balaban J connectivity index is 4.39. The van der Waals surface area contributed by atoms with Gasteiger partial charge in [-0.15, -0.1) is 0 Å². The largest absolute Gasteiger partial charge is 0.462 e. The van der Waals surface area contributed by atoms with Crippen LogP contribution in [0.1, 0.15) is 239 Å². The fourth-order valence-corrected chi connectivity index (χ4v) is 6.53. The summed E-state index contributed by atoms with van der Waals surface area (Å²) in [4.78, 5) is 37.7. The van der Waals surface area contributed by atoms with Gasteiger partial charge >= 0.3 is 17.9 Å². The highest BCUT2D eigenvalue weighted by molar-refractivity contribution is 5.71. The maximum atomic E-state index is 12.7. The topological polar surface area (TPSA) is 78.9 Å². The van der Waals surface area contributed by atoms with E-state index in [2.05, 4.69) is 57.2 Å². The number of rotatable bonds is 42. The van der Waals surface area contributed by atoms with Crippen molar-refractivity contribution in [2.24, 2.45) is 0 Å². The molecule has 0 aromatic carbocycles. The summed E-state index contributed by atoms with van der Waals surface area (Å²) in [6.45, 7) is 6.53. The zero-order valence-corrected chi connectivity index (χ0v) is 36.4. The highest BCUT2D eigenvalue weighted by Crippen LogP contribution is 2.15. The van der Waals surface area contributed by atoms with Gasteiger partial charge < -0.3 is 14.2 Å². The molecule has 0 heterocycles. The molecule has 0 spiro atoms. The zero-order valence-electron chi connectivity index (χ0n) is 36.4. The predicted octanol–water partition coefficient (Wildman–Crippen LogP) is 15.0. The van der Waals surface area contributed by atoms with Gasteiger partial charge in [0.1, 0.15) is 13.2 Å². The summed E-state index contributed by atoms with van der Waals surface area (Å²) >= 11 is 0. The zero-order chi connectivity index (χ0) is 40.1. The summed E-state index contributed by atoms with van der Waals surface area (Å²) in [5.41, 5.74) is 0. The van der Waals surface area contributed by atoms with Crippen molar-refractivity contribution in [3.63, 3.8) is 0 Å². The molecule has 0 radical (unpaired) electrons. The van der Waals surface area contributed by atoms with Gasteiger partial charge in [-0.1, -0.05) is 192 Å². The van der Waals surface area contributed by atoms with Gasteiger partial charge in [0, 0.05) is 19.3 Å². The molecule has 0 aromatic rings. The Kier molecular flexibility index (Phi) is 42.4. The van der Waals surface area contributed by atoms with Crippen LogP contribution in [0.3, 0.4) is 0 Å². The quantitative estimate of drug-likeness (QED) is 0.0202. The summed E-state index contributed by atoms with van der Waals surface area (Å²) in [6.07, 6.45) is 49.8. The molecular formula is C49H88O6. The van der Waals surface area contributed by atoms with E-state index in [0.717, 1.165) is 83.5 Å². The molecule has 0 aromatic heterocycles. The van der Waals surface area contributed by atoms with Crippen molar-refractivity contribution in [1.82, 2.24) is 0 Å². The first-order chi connectivity index (χ1) is 27.0. The van der Waals surface area contributed by atoms with Crippen molar-refractivity contribution in [3.8, 4) is 0 Å². The van der Waals surface area contributed by atoms with Gasteiger partial charge in [0.05, 0.1) is 0 Å². The van der Waals surface area contributed by atoms with Crippen LogP contribution in [0.5, 0.6) is 0 Å².